The zero-order valence-electron chi connectivity index (χ0n) is 25.3. The number of hydrogen-bond acceptors (Lipinski definition) is 5. The van der Waals surface area contributed by atoms with Crippen molar-refractivity contribution in [2.24, 2.45) is 0 Å². The van der Waals surface area contributed by atoms with E-state index in [0.717, 1.165) is 23.0 Å². The van der Waals surface area contributed by atoms with Crippen molar-refractivity contribution in [1.29, 1.82) is 0 Å². The number of nitrogens with one attached hydrogen (secondary N) is 2. The number of hydrogen-bond donors (Lipinski definition) is 3. The largest absolute Gasteiger partial charge is 0.573 e. The number of aliphatic carboxylic acids is 1. The Labute approximate surface area is 270 Å². The molecule has 254 valence electrons. The van der Waals surface area contributed by atoms with E-state index in [4.69, 9.17) is 5.11 Å². The van der Waals surface area contributed by atoms with Crippen molar-refractivity contribution in [2.45, 2.75) is 50.6 Å². The maximum absolute atomic E-state index is 14.0. The highest BCUT2D eigenvalue weighted by atomic mass is 19.4. The second-order valence-corrected chi connectivity index (χ2v) is 10.7. The molecular weight excluding hydrogens is 646 g/mol. The van der Waals surface area contributed by atoms with Crippen LogP contribution in [0.2, 0.25) is 0 Å². The third kappa shape index (κ3) is 9.59. The molecule has 9 nitrogen and oxygen atoms in total. The van der Waals surface area contributed by atoms with Crippen molar-refractivity contribution in [1.82, 2.24) is 15.1 Å². The van der Waals surface area contributed by atoms with Gasteiger partial charge in [-0.2, -0.15) is 18.3 Å². The van der Waals surface area contributed by atoms with Gasteiger partial charge in [-0.15, -0.1) is 13.2 Å². The van der Waals surface area contributed by atoms with E-state index in [-0.39, 0.29) is 18.5 Å². The fourth-order valence-electron chi connectivity index (χ4n) is 5.07. The van der Waals surface area contributed by atoms with Crippen LogP contribution in [-0.2, 0) is 15.8 Å². The summed E-state index contributed by atoms with van der Waals surface area (Å²) in [4.78, 5) is 37.2. The van der Waals surface area contributed by atoms with Gasteiger partial charge in [-0.05, 0) is 72.0 Å². The standard InChI is InChI=1S/C33H30F6N4O5/c1-2-3-27(20-4-6-22(7-5-20)30(46)40-17-16-28(44)45)29(21-8-14-26(15-9-21)48-33(37,38)39)31(47)42-24-10-12-25(13-11-24)43-19-23(18-41-43)32(34,35)36/h4-15,18-19,27,29H,2-3,16-17H2,1H3,(H,40,46)(H,42,47)(H,44,45)/t27-,29+/m0/s1. The zero-order valence-corrected chi connectivity index (χ0v) is 25.3. The van der Waals surface area contributed by atoms with E-state index < -0.39 is 53.5 Å². The summed E-state index contributed by atoms with van der Waals surface area (Å²) >= 11 is 0. The molecule has 0 fully saturated rings. The minimum Gasteiger partial charge on any atom is -0.481 e. The molecule has 0 unspecified atom stereocenters. The fraction of sp³-hybridized carbons (Fsp3) is 0.273. The number of anilines is 1. The molecule has 0 radical (unpaired) electrons. The van der Waals surface area contributed by atoms with Crippen LogP contribution in [0.1, 0.15) is 65.1 Å². The molecule has 2 amide bonds. The van der Waals surface area contributed by atoms with Gasteiger partial charge in [0, 0.05) is 24.0 Å². The van der Waals surface area contributed by atoms with Gasteiger partial charge in [0.2, 0.25) is 5.91 Å². The first-order valence-corrected chi connectivity index (χ1v) is 14.6. The number of rotatable bonds is 13. The van der Waals surface area contributed by atoms with E-state index in [0.29, 0.717) is 41.5 Å². The summed E-state index contributed by atoms with van der Waals surface area (Å²) in [5.41, 5.74) is 0.971. The van der Waals surface area contributed by atoms with Gasteiger partial charge in [0.1, 0.15) is 5.75 Å². The monoisotopic (exact) mass is 676 g/mol. The fourth-order valence-corrected chi connectivity index (χ4v) is 5.07. The second-order valence-electron chi connectivity index (χ2n) is 10.7. The Kier molecular flexibility index (Phi) is 11.1. The number of carboxylic acids is 1. The lowest BCUT2D eigenvalue weighted by Gasteiger charge is -2.28. The molecule has 0 saturated carbocycles. The summed E-state index contributed by atoms with van der Waals surface area (Å²) < 4.78 is 82.5. The molecule has 0 aliphatic rings. The van der Waals surface area contributed by atoms with Crippen molar-refractivity contribution in [3.05, 3.63) is 107 Å². The number of carboxylic acid groups (broad SMARTS) is 1. The number of carbonyl (C=O) groups is 3. The molecule has 1 aromatic heterocycles. The van der Waals surface area contributed by atoms with Gasteiger partial charge in [0.25, 0.3) is 5.91 Å². The third-order valence-corrected chi connectivity index (χ3v) is 7.29. The van der Waals surface area contributed by atoms with Crippen molar-refractivity contribution < 1.29 is 50.6 Å². The SMILES string of the molecule is CCC[C@@H](c1ccc(C(=O)NCCC(=O)O)cc1)[C@H](C(=O)Nc1ccc(-n2cc(C(F)(F)F)cn2)cc1)c1ccc(OC(F)(F)F)cc1. The first-order chi connectivity index (χ1) is 22.6. The minimum atomic E-state index is -4.92. The molecule has 0 aliphatic heterocycles. The smallest absolute Gasteiger partial charge is 0.481 e. The van der Waals surface area contributed by atoms with Gasteiger partial charge in [-0.25, -0.2) is 4.68 Å². The molecule has 2 atom stereocenters. The van der Waals surface area contributed by atoms with Crippen LogP contribution in [0.25, 0.3) is 5.69 Å². The first-order valence-electron chi connectivity index (χ1n) is 14.6. The van der Waals surface area contributed by atoms with Gasteiger partial charge in [-0.1, -0.05) is 37.6 Å². The van der Waals surface area contributed by atoms with Crippen molar-refractivity contribution >= 4 is 23.5 Å². The molecule has 0 bridgehead atoms. The van der Waals surface area contributed by atoms with Gasteiger partial charge in [0.15, 0.2) is 0 Å². The van der Waals surface area contributed by atoms with Gasteiger partial charge in [-0.3, -0.25) is 14.4 Å². The first kappa shape index (κ1) is 35.5. The molecule has 1 heterocycles. The van der Waals surface area contributed by atoms with Crippen LogP contribution in [0.3, 0.4) is 0 Å². The average molecular weight is 677 g/mol. The maximum Gasteiger partial charge on any atom is 0.573 e. The Bertz CT molecular complexity index is 1700. The van der Waals surface area contributed by atoms with Gasteiger partial charge in [0.05, 0.1) is 29.8 Å². The number of carbonyl (C=O) groups excluding carboxylic acids is 2. The lowest BCUT2D eigenvalue weighted by Crippen LogP contribution is -2.27. The number of aromatic nitrogens is 2. The molecule has 4 aromatic rings. The van der Waals surface area contributed by atoms with Crippen LogP contribution < -0.4 is 15.4 Å². The van der Waals surface area contributed by atoms with E-state index in [9.17, 15) is 40.7 Å². The third-order valence-electron chi connectivity index (χ3n) is 7.29. The highest BCUT2D eigenvalue weighted by Crippen LogP contribution is 2.39. The lowest BCUT2D eigenvalue weighted by molar-refractivity contribution is -0.274. The second kappa shape index (κ2) is 15.0. The molecule has 0 spiro atoms. The minimum absolute atomic E-state index is 0.0673. The van der Waals surface area contributed by atoms with Crippen LogP contribution in [0.15, 0.2) is 85.2 Å². The molecule has 0 aliphatic carbocycles. The molecule has 0 saturated heterocycles. The molecule has 3 N–H and O–H groups in total. The van der Waals surface area contributed by atoms with Crippen LogP contribution >= 0.6 is 0 Å². The summed E-state index contributed by atoms with van der Waals surface area (Å²) in [5, 5.41) is 17.8. The van der Waals surface area contributed by atoms with Crippen LogP contribution in [0, 0.1) is 0 Å². The number of nitrogens with zero attached hydrogens (tertiary/aromatic N) is 2. The Morgan fingerprint density at radius 3 is 2.06 bits per heavy atom. The zero-order chi connectivity index (χ0) is 35.1. The normalized spacial score (nSPS) is 13.0. The summed E-state index contributed by atoms with van der Waals surface area (Å²) in [6, 6.07) is 17.2. The van der Waals surface area contributed by atoms with Crippen LogP contribution in [-0.4, -0.2) is 45.6 Å². The Hall–Kier alpha value is -5.34. The predicted octanol–water partition coefficient (Wildman–Crippen LogP) is 7.30. The lowest BCUT2D eigenvalue weighted by atomic mass is 9.78. The summed E-state index contributed by atoms with van der Waals surface area (Å²) in [6.07, 6.45) is -7.14. The Morgan fingerprint density at radius 2 is 1.52 bits per heavy atom. The van der Waals surface area contributed by atoms with Crippen molar-refractivity contribution in [2.75, 3.05) is 11.9 Å². The number of ether oxygens (including phenoxy) is 1. The van der Waals surface area contributed by atoms with Gasteiger partial charge < -0.3 is 20.5 Å². The number of halogens is 6. The van der Waals surface area contributed by atoms with Crippen molar-refractivity contribution in [3.8, 4) is 11.4 Å². The molecule has 3 aromatic carbocycles. The van der Waals surface area contributed by atoms with E-state index in [1.54, 1.807) is 12.1 Å². The highest BCUT2D eigenvalue weighted by molar-refractivity contribution is 5.97. The number of benzene rings is 3. The van der Waals surface area contributed by atoms with E-state index >= 15 is 0 Å². The van der Waals surface area contributed by atoms with E-state index in [2.05, 4.69) is 20.5 Å². The predicted molar refractivity (Wildman–Crippen MR) is 162 cm³/mol. The van der Waals surface area contributed by atoms with Crippen molar-refractivity contribution in [3.63, 3.8) is 0 Å². The Morgan fingerprint density at radius 1 is 0.896 bits per heavy atom. The van der Waals surface area contributed by atoms with Crippen LogP contribution in [0.4, 0.5) is 32.0 Å². The number of amides is 2. The highest BCUT2D eigenvalue weighted by Gasteiger charge is 2.34. The Balaban J connectivity index is 1.62. The summed E-state index contributed by atoms with van der Waals surface area (Å²) in [7, 11) is 0. The average Bonchev–Trinajstić information content (AvgIpc) is 3.53. The molecule has 48 heavy (non-hydrogen) atoms. The molecular formula is C33H30F6N4O5. The van der Waals surface area contributed by atoms with Crippen LogP contribution in [0.5, 0.6) is 5.75 Å². The number of alkyl halides is 6. The maximum atomic E-state index is 14.0. The molecule has 4 rings (SSSR count). The summed E-state index contributed by atoms with van der Waals surface area (Å²) in [5.74, 6) is -4.00. The quantitative estimate of drug-likeness (QED) is 0.128. The van der Waals surface area contributed by atoms with E-state index in [1.807, 2.05) is 6.92 Å². The topological polar surface area (TPSA) is 123 Å². The van der Waals surface area contributed by atoms with Gasteiger partial charge >= 0.3 is 18.5 Å². The summed E-state index contributed by atoms with van der Waals surface area (Å²) in [6.45, 7) is 1.83. The van der Waals surface area contributed by atoms with E-state index in [1.165, 1.54) is 48.5 Å². The molecule has 15 heteroatoms.